The van der Waals surface area contributed by atoms with Crippen LogP contribution in [0, 0.1) is 0 Å². The summed E-state index contributed by atoms with van der Waals surface area (Å²) in [6.45, 7) is 2.10. The van der Waals surface area contributed by atoms with Crippen molar-refractivity contribution in [1.82, 2.24) is 9.88 Å². The number of nitrogens with zero attached hydrogens (tertiary/aromatic N) is 3. The van der Waals surface area contributed by atoms with Gasteiger partial charge in [0.25, 0.3) is 0 Å². The summed E-state index contributed by atoms with van der Waals surface area (Å²) < 4.78 is 0. The topological polar surface area (TPSA) is 19.4 Å². The maximum absolute atomic E-state index is 6.00. The molecule has 4 heteroatoms. The van der Waals surface area contributed by atoms with Gasteiger partial charge in [0.05, 0.1) is 11.6 Å². The Morgan fingerprint density at radius 2 is 2.15 bits per heavy atom. The van der Waals surface area contributed by atoms with Crippen molar-refractivity contribution in [2.24, 2.45) is 0 Å². The number of rotatable bonds is 3. The lowest BCUT2D eigenvalue weighted by atomic mass is 10.1. The van der Waals surface area contributed by atoms with Crippen LogP contribution >= 0.6 is 11.6 Å². The molecule has 3 rings (SSSR count). The van der Waals surface area contributed by atoms with E-state index < -0.39 is 0 Å². The summed E-state index contributed by atoms with van der Waals surface area (Å²) in [5.41, 5.74) is 0.952. The summed E-state index contributed by atoms with van der Waals surface area (Å²) in [5, 5.41) is 2.45. The first-order valence-electron chi connectivity index (χ1n) is 7.05. The zero-order chi connectivity index (χ0) is 14.1. The van der Waals surface area contributed by atoms with Gasteiger partial charge in [0.15, 0.2) is 0 Å². The van der Waals surface area contributed by atoms with Gasteiger partial charge in [0.1, 0.15) is 5.82 Å². The molecule has 106 valence electrons. The minimum absolute atomic E-state index is 0.461. The third kappa shape index (κ3) is 2.48. The van der Waals surface area contributed by atoms with Gasteiger partial charge in [-0.05, 0) is 32.0 Å². The number of anilines is 1. The molecule has 1 aliphatic rings. The number of aromatic nitrogens is 1. The van der Waals surface area contributed by atoms with Crippen LogP contribution < -0.4 is 4.90 Å². The van der Waals surface area contributed by atoms with Crippen LogP contribution in [-0.2, 0) is 5.88 Å². The molecule has 1 aromatic carbocycles. The predicted octanol–water partition coefficient (Wildman–Crippen LogP) is 3.11. The molecule has 1 aromatic heterocycles. The van der Waals surface area contributed by atoms with Crippen LogP contribution in [0.1, 0.15) is 12.1 Å². The highest BCUT2D eigenvalue weighted by Gasteiger charge is 2.26. The van der Waals surface area contributed by atoms with E-state index in [-0.39, 0.29) is 0 Å². The molecule has 1 atom stereocenters. The molecule has 0 amide bonds. The summed E-state index contributed by atoms with van der Waals surface area (Å²) >= 11 is 6.00. The van der Waals surface area contributed by atoms with Gasteiger partial charge in [-0.15, -0.1) is 11.6 Å². The summed E-state index contributed by atoms with van der Waals surface area (Å²) in [6, 6.07) is 11.1. The fraction of sp³-hybridized carbons (Fsp3) is 0.438. The van der Waals surface area contributed by atoms with Gasteiger partial charge in [0, 0.05) is 24.5 Å². The molecule has 2 heterocycles. The quantitative estimate of drug-likeness (QED) is 0.810. The van der Waals surface area contributed by atoms with E-state index in [4.69, 9.17) is 16.6 Å². The molecular weight excluding hydrogens is 270 g/mol. The summed E-state index contributed by atoms with van der Waals surface area (Å²) in [7, 11) is 4.30. The Morgan fingerprint density at radius 3 is 2.85 bits per heavy atom. The lowest BCUT2D eigenvalue weighted by Crippen LogP contribution is -2.31. The molecule has 0 saturated carbocycles. The molecule has 20 heavy (non-hydrogen) atoms. The van der Waals surface area contributed by atoms with Crippen molar-refractivity contribution >= 4 is 28.2 Å². The Hall–Kier alpha value is -1.32. The Morgan fingerprint density at radius 1 is 1.35 bits per heavy atom. The highest BCUT2D eigenvalue weighted by Crippen LogP contribution is 2.29. The SMILES string of the molecule is CN(C)C1CCN(c2nc(CCl)cc3ccccc23)C1. The fourth-order valence-electron chi connectivity index (χ4n) is 2.90. The summed E-state index contributed by atoms with van der Waals surface area (Å²) in [5.74, 6) is 1.55. The molecule has 2 aromatic rings. The minimum Gasteiger partial charge on any atom is -0.354 e. The van der Waals surface area contributed by atoms with E-state index in [1.165, 1.54) is 17.2 Å². The van der Waals surface area contributed by atoms with Crippen molar-refractivity contribution in [3.05, 3.63) is 36.0 Å². The zero-order valence-electron chi connectivity index (χ0n) is 12.0. The zero-order valence-corrected chi connectivity index (χ0v) is 12.8. The van der Waals surface area contributed by atoms with Gasteiger partial charge < -0.3 is 9.80 Å². The van der Waals surface area contributed by atoms with E-state index in [2.05, 4.69) is 54.2 Å². The van der Waals surface area contributed by atoms with E-state index >= 15 is 0 Å². The standard InChI is InChI=1S/C16H20ClN3/c1-19(2)14-7-8-20(11-14)16-15-6-4-3-5-12(15)9-13(10-17)18-16/h3-6,9,14H,7-8,10-11H2,1-2H3. The van der Waals surface area contributed by atoms with Crippen molar-refractivity contribution in [1.29, 1.82) is 0 Å². The second-order valence-corrected chi connectivity index (χ2v) is 5.91. The van der Waals surface area contributed by atoms with Crippen LogP contribution in [0.5, 0.6) is 0 Å². The first-order chi connectivity index (χ1) is 9.69. The first kappa shape index (κ1) is 13.7. The van der Waals surface area contributed by atoms with Gasteiger partial charge in [-0.1, -0.05) is 24.3 Å². The van der Waals surface area contributed by atoms with E-state index in [1.807, 2.05) is 0 Å². The van der Waals surface area contributed by atoms with Crippen LogP contribution in [0.2, 0.25) is 0 Å². The van der Waals surface area contributed by atoms with Crippen LogP contribution in [0.25, 0.3) is 10.8 Å². The highest BCUT2D eigenvalue weighted by molar-refractivity contribution is 6.17. The second kappa shape index (κ2) is 5.58. The monoisotopic (exact) mass is 289 g/mol. The molecule has 0 radical (unpaired) electrons. The van der Waals surface area contributed by atoms with E-state index in [9.17, 15) is 0 Å². The maximum atomic E-state index is 6.00. The third-order valence-electron chi connectivity index (χ3n) is 4.10. The van der Waals surface area contributed by atoms with Crippen molar-refractivity contribution in [3.8, 4) is 0 Å². The van der Waals surface area contributed by atoms with Crippen molar-refractivity contribution in [2.45, 2.75) is 18.3 Å². The Balaban J connectivity index is 2.02. The fourth-order valence-corrected chi connectivity index (χ4v) is 3.04. The largest absolute Gasteiger partial charge is 0.354 e. The number of pyridine rings is 1. The molecule has 1 unspecified atom stereocenters. The predicted molar refractivity (Wildman–Crippen MR) is 85.6 cm³/mol. The van der Waals surface area contributed by atoms with Crippen molar-refractivity contribution in [2.75, 3.05) is 32.1 Å². The molecular formula is C16H20ClN3. The Labute approximate surface area is 125 Å². The molecule has 0 spiro atoms. The van der Waals surface area contributed by atoms with Crippen molar-refractivity contribution in [3.63, 3.8) is 0 Å². The molecule has 0 aliphatic carbocycles. The smallest absolute Gasteiger partial charge is 0.136 e. The summed E-state index contributed by atoms with van der Waals surface area (Å²) in [6.07, 6.45) is 1.19. The molecule has 0 bridgehead atoms. The average Bonchev–Trinajstić information content (AvgIpc) is 2.96. The third-order valence-corrected chi connectivity index (χ3v) is 4.38. The van der Waals surface area contributed by atoms with Crippen LogP contribution in [0.4, 0.5) is 5.82 Å². The molecule has 1 aliphatic heterocycles. The highest BCUT2D eigenvalue weighted by atomic mass is 35.5. The number of benzene rings is 1. The molecule has 3 nitrogen and oxygen atoms in total. The van der Waals surface area contributed by atoms with Gasteiger partial charge in [-0.25, -0.2) is 4.98 Å². The van der Waals surface area contributed by atoms with Crippen LogP contribution in [-0.4, -0.2) is 43.1 Å². The lowest BCUT2D eigenvalue weighted by Gasteiger charge is -2.22. The van der Waals surface area contributed by atoms with E-state index in [1.54, 1.807) is 0 Å². The molecule has 1 saturated heterocycles. The molecule has 0 N–H and O–H groups in total. The number of halogens is 1. The van der Waals surface area contributed by atoms with Gasteiger partial charge in [0.2, 0.25) is 0 Å². The second-order valence-electron chi connectivity index (χ2n) is 5.64. The number of fused-ring (bicyclic) bond motifs is 1. The van der Waals surface area contributed by atoms with Crippen molar-refractivity contribution < 1.29 is 0 Å². The summed E-state index contributed by atoms with van der Waals surface area (Å²) in [4.78, 5) is 9.46. The number of likely N-dealkylation sites (N-methyl/N-ethyl adjacent to an activating group) is 1. The number of hydrogen-bond donors (Lipinski definition) is 0. The maximum Gasteiger partial charge on any atom is 0.136 e. The van der Waals surface area contributed by atoms with Gasteiger partial charge >= 0.3 is 0 Å². The van der Waals surface area contributed by atoms with E-state index in [0.29, 0.717) is 11.9 Å². The first-order valence-corrected chi connectivity index (χ1v) is 7.58. The van der Waals surface area contributed by atoms with E-state index in [0.717, 1.165) is 24.6 Å². The number of hydrogen-bond acceptors (Lipinski definition) is 3. The van der Waals surface area contributed by atoms with Crippen LogP contribution in [0.3, 0.4) is 0 Å². The lowest BCUT2D eigenvalue weighted by molar-refractivity contribution is 0.315. The van der Waals surface area contributed by atoms with Crippen LogP contribution in [0.15, 0.2) is 30.3 Å². The molecule has 1 fully saturated rings. The normalized spacial score (nSPS) is 19.2. The Kier molecular flexibility index (Phi) is 3.81. The average molecular weight is 290 g/mol. The van der Waals surface area contributed by atoms with Gasteiger partial charge in [-0.3, -0.25) is 0 Å². The van der Waals surface area contributed by atoms with Gasteiger partial charge in [-0.2, -0.15) is 0 Å². The number of alkyl halides is 1. The Bertz CT molecular complexity index is 612. The minimum atomic E-state index is 0.461.